The van der Waals surface area contributed by atoms with Crippen LogP contribution in [0.3, 0.4) is 0 Å². The maximum Gasteiger partial charge on any atom is 0.124 e. The van der Waals surface area contributed by atoms with Gasteiger partial charge >= 0.3 is 0 Å². The molecule has 2 unspecified atom stereocenters. The Balaban J connectivity index is 2.15. The number of fused-ring (bicyclic) bond motifs is 1. The van der Waals surface area contributed by atoms with Crippen molar-refractivity contribution in [3.8, 4) is 0 Å². The first-order chi connectivity index (χ1) is 11.1. The average molecular weight is 313 g/mol. The highest BCUT2D eigenvalue weighted by Crippen LogP contribution is 2.37. The number of hydrogen-bond acceptors (Lipinski definition) is 3. The second-order valence-corrected chi connectivity index (χ2v) is 7.02. The van der Waals surface area contributed by atoms with Crippen molar-refractivity contribution in [2.24, 2.45) is 5.92 Å². The van der Waals surface area contributed by atoms with Crippen molar-refractivity contribution in [3.63, 3.8) is 0 Å². The van der Waals surface area contributed by atoms with Gasteiger partial charge in [-0.3, -0.25) is 4.90 Å². The smallest absolute Gasteiger partial charge is 0.124 e. The van der Waals surface area contributed by atoms with Gasteiger partial charge in [0, 0.05) is 23.7 Å². The van der Waals surface area contributed by atoms with Crippen LogP contribution in [0.4, 0.5) is 0 Å². The maximum absolute atomic E-state index is 11.6. The number of likely N-dealkylation sites (tertiary alicyclic amines) is 1. The van der Waals surface area contributed by atoms with Gasteiger partial charge in [-0.05, 0) is 44.0 Å². The zero-order chi connectivity index (χ0) is 16.4. The van der Waals surface area contributed by atoms with E-state index in [1.165, 1.54) is 24.8 Å². The molecule has 3 rings (SSSR count). The lowest BCUT2D eigenvalue weighted by Crippen LogP contribution is -2.37. The number of carbonyl (C=O) groups excluding carboxylic acids is 1. The molecule has 1 aliphatic heterocycles. The molecule has 0 amide bonds. The van der Waals surface area contributed by atoms with Crippen LogP contribution in [0.2, 0.25) is 0 Å². The Labute approximate surface area is 138 Å². The molecule has 0 spiro atoms. The van der Waals surface area contributed by atoms with Crippen molar-refractivity contribution in [1.29, 1.82) is 0 Å². The van der Waals surface area contributed by atoms with E-state index in [0.29, 0.717) is 5.92 Å². The minimum atomic E-state index is -0.0289. The number of piperidine rings is 1. The largest absolute Gasteiger partial charge is 0.303 e. The van der Waals surface area contributed by atoms with E-state index >= 15 is 0 Å². The third-order valence-corrected chi connectivity index (χ3v) is 4.95. The normalized spacial score (nSPS) is 19.1. The van der Waals surface area contributed by atoms with Gasteiger partial charge in [0.1, 0.15) is 6.29 Å². The summed E-state index contributed by atoms with van der Waals surface area (Å²) in [6.07, 6.45) is 6.85. The number of aromatic nitrogens is 2. The number of hydrogen-bond donors (Lipinski definition) is 0. The number of pyridine rings is 1. The first kappa shape index (κ1) is 16.2. The first-order valence-corrected chi connectivity index (χ1v) is 8.80. The predicted octanol–water partition coefficient (Wildman–Crippen LogP) is 3.82. The third-order valence-electron chi connectivity index (χ3n) is 4.95. The second kappa shape index (κ2) is 6.83. The van der Waals surface area contributed by atoms with E-state index in [4.69, 9.17) is 5.10 Å². The topological polar surface area (TPSA) is 37.6 Å². The van der Waals surface area contributed by atoms with Crippen LogP contribution in [0.25, 0.3) is 5.52 Å². The molecule has 3 heterocycles. The molecule has 0 N–H and O–H groups in total. The van der Waals surface area contributed by atoms with E-state index in [9.17, 15) is 4.79 Å². The van der Waals surface area contributed by atoms with E-state index < -0.39 is 0 Å². The maximum atomic E-state index is 11.6. The van der Waals surface area contributed by atoms with E-state index in [0.717, 1.165) is 30.6 Å². The average Bonchev–Trinajstić information content (AvgIpc) is 2.96. The minimum Gasteiger partial charge on any atom is -0.303 e. The van der Waals surface area contributed by atoms with Crippen LogP contribution >= 0.6 is 0 Å². The minimum absolute atomic E-state index is 0.0289. The lowest BCUT2D eigenvalue weighted by molar-refractivity contribution is -0.112. The first-order valence-electron chi connectivity index (χ1n) is 8.80. The number of rotatable bonds is 5. The summed E-state index contributed by atoms with van der Waals surface area (Å²) in [6.45, 7) is 8.56. The van der Waals surface area contributed by atoms with Gasteiger partial charge in [-0.2, -0.15) is 5.10 Å². The van der Waals surface area contributed by atoms with Gasteiger partial charge in [0.15, 0.2) is 0 Å². The van der Waals surface area contributed by atoms with Crippen LogP contribution in [-0.4, -0.2) is 33.9 Å². The molecule has 1 saturated heterocycles. The third kappa shape index (κ3) is 3.05. The van der Waals surface area contributed by atoms with Gasteiger partial charge < -0.3 is 4.79 Å². The van der Waals surface area contributed by atoms with Crippen LogP contribution in [0.15, 0.2) is 24.4 Å². The molecular formula is C19H27N3O. The van der Waals surface area contributed by atoms with E-state index in [1.54, 1.807) is 0 Å². The quantitative estimate of drug-likeness (QED) is 0.788. The molecule has 2 aromatic rings. The molecular weight excluding hydrogens is 286 g/mol. The lowest BCUT2D eigenvalue weighted by atomic mass is 9.88. The van der Waals surface area contributed by atoms with Crippen molar-refractivity contribution in [3.05, 3.63) is 35.7 Å². The lowest BCUT2D eigenvalue weighted by Gasteiger charge is -2.37. The zero-order valence-corrected chi connectivity index (χ0v) is 14.4. The van der Waals surface area contributed by atoms with E-state index in [1.807, 2.05) is 23.7 Å². The Morgan fingerprint density at radius 1 is 1.13 bits per heavy atom. The summed E-state index contributed by atoms with van der Waals surface area (Å²) in [5, 5.41) is 4.82. The molecule has 0 aliphatic carbocycles. The number of aldehydes is 1. The van der Waals surface area contributed by atoms with Crippen molar-refractivity contribution in [2.45, 2.75) is 52.0 Å². The highest BCUT2D eigenvalue weighted by atomic mass is 16.1. The molecule has 0 aromatic carbocycles. The van der Waals surface area contributed by atoms with Crippen molar-refractivity contribution in [1.82, 2.24) is 14.5 Å². The standard InChI is InChI=1S/C19H27N3O/c1-14(2)18-17(16-9-5-8-12-22(16)20-18)19(15(3)13-23)21-10-6-4-7-11-21/h5,8-9,12-15,19H,4,6-7,10-11H2,1-3H3. The fraction of sp³-hybridized carbons (Fsp3) is 0.579. The highest BCUT2D eigenvalue weighted by Gasteiger charge is 2.32. The molecule has 0 saturated carbocycles. The summed E-state index contributed by atoms with van der Waals surface area (Å²) in [5.41, 5.74) is 3.52. The van der Waals surface area contributed by atoms with Crippen molar-refractivity contribution >= 4 is 11.8 Å². The summed E-state index contributed by atoms with van der Waals surface area (Å²) >= 11 is 0. The fourth-order valence-electron chi connectivity index (χ4n) is 3.81. The van der Waals surface area contributed by atoms with E-state index in [2.05, 4.69) is 30.9 Å². The van der Waals surface area contributed by atoms with Gasteiger partial charge in [-0.15, -0.1) is 0 Å². The molecule has 4 nitrogen and oxygen atoms in total. The van der Waals surface area contributed by atoms with E-state index in [-0.39, 0.29) is 12.0 Å². The van der Waals surface area contributed by atoms with Crippen molar-refractivity contribution in [2.75, 3.05) is 13.1 Å². The summed E-state index contributed by atoms with van der Waals surface area (Å²) in [6, 6.07) is 6.32. The number of carbonyl (C=O) groups is 1. The molecule has 23 heavy (non-hydrogen) atoms. The summed E-state index contributed by atoms with van der Waals surface area (Å²) < 4.78 is 1.97. The van der Waals surface area contributed by atoms with Crippen LogP contribution in [0.1, 0.15) is 63.3 Å². The summed E-state index contributed by atoms with van der Waals surface area (Å²) in [4.78, 5) is 14.1. The van der Waals surface area contributed by atoms with Gasteiger partial charge in [-0.25, -0.2) is 4.52 Å². The Kier molecular flexibility index (Phi) is 4.81. The highest BCUT2D eigenvalue weighted by molar-refractivity contribution is 5.63. The monoisotopic (exact) mass is 313 g/mol. The van der Waals surface area contributed by atoms with Gasteiger partial charge in [0.25, 0.3) is 0 Å². The van der Waals surface area contributed by atoms with Crippen LogP contribution in [-0.2, 0) is 4.79 Å². The molecule has 1 aliphatic rings. The molecule has 0 radical (unpaired) electrons. The summed E-state index contributed by atoms with van der Waals surface area (Å²) in [7, 11) is 0. The fourth-order valence-corrected chi connectivity index (χ4v) is 3.81. The SMILES string of the molecule is CC(C)c1nn2ccccc2c1C(C(C)C=O)N1CCCCC1. The molecule has 4 heteroatoms. The molecule has 0 bridgehead atoms. The second-order valence-electron chi connectivity index (χ2n) is 7.02. The molecule has 2 aromatic heterocycles. The van der Waals surface area contributed by atoms with Gasteiger partial charge in [0.05, 0.1) is 11.2 Å². The molecule has 2 atom stereocenters. The Morgan fingerprint density at radius 2 is 1.87 bits per heavy atom. The number of nitrogens with zero attached hydrogens (tertiary/aromatic N) is 3. The zero-order valence-electron chi connectivity index (χ0n) is 14.4. The Hall–Kier alpha value is -1.68. The van der Waals surface area contributed by atoms with Gasteiger partial charge in [-0.1, -0.05) is 33.3 Å². The summed E-state index contributed by atoms with van der Waals surface area (Å²) in [5.74, 6) is 0.315. The van der Waals surface area contributed by atoms with Gasteiger partial charge in [0.2, 0.25) is 0 Å². The molecule has 124 valence electrons. The molecule has 1 fully saturated rings. The predicted molar refractivity (Wildman–Crippen MR) is 92.7 cm³/mol. The van der Waals surface area contributed by atoms with Crippen molar-refractivity contribution < 1.29 is 4.79 Å². The Bertz CT molecular complexity index is 670. The van der Waals surface area contributed by atoms with Crippen LogP contribution in [0, 0.1) is 5.92 Å². The Morgan fingerprint density at radius 3 is 2.52 bits per heavy atom. The van der Waals surface area contributed by atoms with Crippen LogP contribution < -0.4 is 0 Å². The van der Waals surface area contributed by atoms with Crippen LogP contribution in [0.5, 0.6) is 0 Å².